The molecular formula is C13H13N5O2S. The monoisotopic (exact) mass is 303 g/mol. The molecule has 3 rings (SSSR count). The summed E-state index contributed by atoms with van der Waals surface area (Å²) in [6.45, 7) is 0.407. The molecule has 1 unspecified atom stereocenters. The topological polar surface area (TPSA) is 99.8 Å². The molecular weight excluding hydrogens is 290 g/mol. The molecule has 0 spiro atoms. The Morgan fingerprint density at radius 1 is 1.33 bits per heavy atom. The van der Waals surface area contributed by atoms with E-state index in [0.29, 0.717) is 17.4 Å². The van der Waals surface area contributed by atoms with Crippen LogP contribution in [0.1, 0.15) is 6.42 Å². The predicted octanol–water partition coefficient (Wildman–Crippen LogP) is 1.03. The minimum absolute atomic E-state index is 0.0750. The highest BCUT2D eigenvalue weighted by Crippen LogP contribution is 2.25. The lowest BCUT2D eigenvalue weighted by molar-refractivity contribution is -0.123. The molecule has 0 radical (unpaired) electrons. The second kappa shape index (κ2) is 5.96. The van der Waals surface area contributed by atoms with Gasteiger partial charge in [-0.2, -0.15) is 5.10 Å². The Bertz CT molecular complexity index is 641. The van der Waals surface area contributed by atoms with Crippen molar-refractivity contribution in [3.63, 3.8) is 0 Å². The molecule has 3 N–H and O–H groups in total. The van der Waals surface area contributed by atoms with Crippen LogP contribution in [-0.2, 0) is 9.59 Å². The first-order valence-electron chi connectivity index (χ1n) is 6.41. The molecule has 21 heavy (non-hydrogen) atoms. The molecule has 1 aromatic heterocycles. The van der Waals surface area contributed by atoms with Crippen molar-refractivity contribution in [2.45, 2.75) is 16.5 Å². The molecule has 2 heterocycles. The largest absolute Gasteiger partial charge is 0.355 e. The summed E-state index contributed by atoms with van der Waals surface area (Å²) in [5.74, 6) is -0.501. The number of nitrogens with one attached hydrogen (secondary N) is 3. The first-order valence-corrected chi connectivity index (χ1v) is 7.23. The van der Waals surface area contributed by atoms with E-state index in [-0.39, 0.29) is 24.2 Å². The molecule has 7 nitrogen and oxygen atoms in total. The van der Waals surface area contributed by atoms with Gasteiger partial charge < -0.3 is 10.6 Å². The van der Waals surface area contributed by atoms with Crippen molar-refractivity contribution in [1.29, 1.82) is 0 Å². The predicted molar refractivity (Wildman–Crippen MR) is 76.7 cm³/mol. The second-order valence-corrected chi connectivity index (χ2v) is 5.67. The van der Waals surface area contributed by atoms with Gasteiger partial charge in [-0.3, -0.25) is 14.7 Å². The summed E-state index contributed by atoms with van der Waals surface area (Å²) in [6.07, 6.45) is 1.71. The molecule has 1 aromatic carbocycles. The van der Waals surface area contributed by atoms with Crippen molar-refractivity contribution >= 4 is 29.3 Å². The zero-order valence-electron chi connectivity index (χ0n) is 11.0. The van der Waals surface area contributed by atoms with E-state index in [1.165, 1.54) is 18.1 Å². The fraction of sp³-hybridized carbons (Fsp3) is 0.231. The molecule has 2 aromatic rings. The van der Waals surface area contributed by atoms with Gasteiger partial charge in [-0.25, -0.2) is 4.98 Å². The number of amides is 2. The Morgan fingerprint density at radius 2 is 2.14 bits per heavy atom. The van der Waals surface area contributed by atoms with E-state index < -0.39 is 0 Å². The van der Waals surface area contributed by atoms with Crippen LogP contribution in [0.5, 0.6) is 0 Å². The number of hydrogen-bond donors (Lipinski definition) is 3. The number of rotatable bonds is 4. The third-order valence-electron chi connectivity index (χ3n) is 3.08. The van der Waals surface area contributed by atoms with Crippen molar-refractivity contribution in [2.75, 3.05) is 11.9 Å². The fourth-order valence-corrected chi connectivity index (χ4v) is 2.69. The molecule has 1 aliphatic heterocycles. The van der Waals surface area contributed by atoms with Crippen LogP contribution in [0.15, 0.2) is 40.6 Å². The number of carbonyl (C=O) groups is 2. The number of anilines is 1. The van der Waals surface area contributed by atoms with Gasteiger partial charge in [-0.15, -0.1) is 0 Å². The van der Waals surface area contributed by atoms with Gasteiger partial charge in [0.1, 0.15) is 6.33 Å². The minimum atomic E-state index is -0.291. The summed E-state index contributed by atoms with van der Waals surface area (Å²) in [4.78, 5) is 28.1. The van der Waals surface area contributed by atoms with E-state index in [2.05, 4.69) is 25.8 Å². The lowest BCUT2D eigenvalue weighted by atomic mass is 10.1. The molecule has 0 saturated carbocycles. The molecule has 0 aliphatic carbocycles. The Hall–Kier alpha value is -2.35. The van der Waals surface area contributed by atoms with E-state index >= 15 is 0 Å². The number of aromatic amines is 1. The summed E-state index contributed by atoms with van der Waals surface area (Å²) < 4.78 is 0. The first-order chi connectivity index (χ1) is 10.2. The zero-order chi connectivity index (χ0) is 14.7. The number of nitrogens with zero attached hydrogens (tertiary/aromatic N) is 2. The quantitative estimate of drug-likeness (QED) is 0.783. The number of carbonyl (C=O) groups excluding carboxylic acids is 2. The van der Waals surface area contributed by atoms with E-state index in [1.807, 2.05) is 24.3 Å². The standard InChI is InChI=1S/C13H13N5O2S/c19-11-5-8(6-14-11)12(20)17-9-1-3-10(4-2-9)21-13-15-7-16-18-13/h1-4,7-8H,5-6H2,(H,14,19)(H,17,20)(H,15,16,18). The number of H-pyrrole nitrogens is 1. The summed E-state index contributed by atoms with van der Waals surface area (Å²) in [7, 11) is 0. The number of benzene rings is 1. The van der Waals surface area contributed by atoms with Gasteiger partial charge in [0.15, 0.2) is 5.16 Å². The maximum Gasteiger partial charge on any atom is 0.229 e. The van der Waals surface area contributed by atoms with Crippen LogP contribution >= 0.6 is 11.8 Å². The maximum atomic E-state index is 12.0. The number of aromatic nitrogens is 3. The third-order valence-corrected chi connectivity index (χ3v) is 3.98. The SMILES string of the molecule is O=C1CC(C(=O)Nc2ccc(Sc3ncn[nH]3)cc2)CN1. The second-order valence-electron chi connectivity index (χ2n) is 4.61. The van der Waals surface area contributed by atoms with Crippen LogP contribution in [0.4, 0.5) is 5.69 Å². The summed E-state index contributed by atoms with van der Waals surface area (Å²) in [5.41, 5.74) is 0.710. The van der Waals surface area contributed by atoms with Gasteiger partial charge in [0.25, 0.3) is 0 Å². The average Bonchev–Trinajstić information content (AvgIpc) is 3.12. The average molecular weight is 303 g/mol. The van der Waals surface area contributed by atoms with Crippen LogP contribution in [-0.4, -0.2) is 33.5 Å². The Kier molecular flexibility index (Phi) is 3.87. The van der Waals surface area contributed by atoms with E-state index in [4.69, 9.17) is 0 Å². The van der Waals surface area contributed by atoms with E-state index in [1.54, 1.807) is 0 Å². The Morgan fingerprint density at radius 3 is 2.76 bits per heavy atom. The molecule has 1 aliphatic rings. The van der Waals surface area contributed by atoms with Crippen LogP contribution in [0.25, 0.3) is 0 Å². The van der Waals surface area contributed by atoms with Crippen molar-refractivity contribution in [3.05, 3.63) is 30.6 Å². The normalized spacial score (nSPS) is 17.5. The van der Waals surface area contributed by atoms with Gasteiger partial charge in [0.2, 0.25) is 11.8 Å². The number of hydrogen-bond acceptors (Lipinski definition) is 5. The van der Waals surface area contributed by atoms with Crippen molar-refractivity contribution < 1.29 is 9.59 Å². The highest BCUT2D eigenvalue weighted by atomic mass is 32.2. The Labute approximate surface area is 124 Å². The van der Waals surface area contributed by atoms with Crippen molar-refractivity contribution in [1.82, 2.24) is 20.5 Å². The molecule has 1 saturated heterocycles. The highest BCUT2D eigenvalue weighted by molar-refractivity contribution is 7.99. The summed E-state index contributed by atoms with van der Waals surface area (Å²) in [5, 5.41) is 12.7. The van der Waals surface area contributed by atoms with Crippen molar-refractivity contribution in [3.8, 4) is 0 Å². The first kappa shape index (κ1) is 13.6. The van der Waals surface area contributed by atoms with Gasteiger partial charge in [-0.1, -0.05) is 11.8 Å². The Balaban J connectivity index is 1.59. The maximum absolute atomic E-state index is 12.0. The zero-order valence-corrected chi connectivity index (χ0v) is 11.8. The van der Waals surface area contributed by atoms with Gasteiger partial charge >= 0.3 is 0 Å². The fourth-order valence-electron chi connectivity index (χ4n) is 2.00. The smallest absolute Gasteiger partial charge is 0.229 e. The third kappa shape index (κ3) is 3.40. The van der Waals surface area contributed by atoms with E-state index in [9.17, 15) is 9.59 Å². The van der Waals surface area contributed by atoms with Gasteiger partial charge in [0.05, 0.1) is 5.92 Å². The van der Waals surface area contributed by atoms with Gasteiger partial charge in [0, 0.05) is 23.5 Å². The summed E-state index contributed by atoms with van der Waals surface area (Å²) >= 11 is 1.45. The van der Waals surface area contributed by atoms with Crippen LogP contribution in [0.2, 0.25) is 0 Å². The van der Waals surface area contributed by atoms with Crippen molar-refractivity contribution in [2.24, 2.45) is 5.92 Å². The molecule has 8 heteroatoms. The molecule has 2 amide bonds. The molecule has 1 atom stereocenters. The minimum Gasteiger partial charge on any atom is -0.355 e. The molecule has 0 bridgehead atoms. The lowest BCUT2D eigenvalue weighted by Gasteiger charge is -2.09. The van der Waals surface area contributed by atoms with Gasteiger partial charge in [-0.05, 0) is 24.3 Å². The molecule has 1 fully saturated rings. The van der Waals surface area contributed by atoms with E-state index in [0.717, 1.165) is 4.90 Å². The van der Waals surface area contributed by atoms with Crippen LogP contribution in [0.3, 0.4) is 0 Å². The highest BCUT2D eigenvalue weighted by Gasteiger charge is 2.27. The van der Waals surface area contributed by atoms with Crippen LogP contribution < -0.4 is 10.6 Å². The summed E-state index contributed by atoms with van der Waals surface area (Å²) in [6, 6.07) is 7.42. The lowest BCUT2D eigenvalue weighted by Crippen LogP contribution is -2.24. The van der Waals surface area contributed by atoms with Crippen LogP contribution in [0, 0.1) is 5.92 Å². The molecule has 108 valence electrons.